The molecule has 136 valence electrons. The van der Waals surface area contributed by atoms with E-state index in [1.54, 1.807) is 19.2 Å². The zero-order valence-electron chi connectivity index (χ0n) is 14.9. The Morgan fingerprint density at radius 1 is 1.12 bits per heavy atom. The van der Waals surface area contributed by atoms with Crippen LogP contribution in [-0.4, -0.2) is 23.9 Å². The summed E-state index contributed by atoms with van der Waals surface area (Å²) in [6, 6.07) is 12.5. The van der Waals surface area contributed by atoms with E-state index in [2.05, 4.69) is 0 Å². The number of carboxylic acids is 1. The molecule has 0 unspecified atom stereocenters. The van der Waals surface area contributed by atoms with Gasteiger partial charge in [0, 0.05) is 17.2 Å². The number of hydrogen-bond acceptors (Lipinski definition) is 4. The molecular weight excluding hydrogens is 328 g/mol. The molecule has 2 aromatic carbocycles. The van der Waals surface area contributed by atoms with Gasteiger partial charge in [0.25, 0.3) is 0 Å². The highest BCUT2D eigenvalue weighted by molar-refractivity contribution is 6.08. The van der Waals surface area contributed by atoms with Gasteiger partial charge in [-0.25, -0.2) is 4.79 Å². The monoisotopic (exact) mass is 352 g/mol. The van der Waals surface area contributed by atoms with Crippen LogP contribution in [-0.2, 0) is 0 Å². The number of aromatic carboxylic acids is 1. The van der Waals surface area contributed by atoms with Gasteiger partial charge in [0.15, 0.2) is 0 Å². The minimum atomic E-state index is -0.977. The van der Waals surface area contributed by atoms with Gasteiger partial charge in [-0.1, -0.05) is 25.3 Å². The number of rotatable bonds is 5. The Morgan fingerprint density at radius 3 is 2.38 bits per heavy atom. The lowest BCUT2D eigenvalue weighted by molar-refractivity contribution is 0.0697. The van der Waals surface area contributed by atoms with Crippen molar-refractivity contribution >= 4 is 23.1 Å². The number of nitrogens with zero attached hydrogens (tertiary/aromatic N) is 1. The van der Waals surface area contributed by atoms with E-state index >= 15 is 0 Å². The summed E-state index contributed by atoms with van der Waals surface area (Å²) < 4.78 is 5.21. The lowest BCUT2D eigenvalue weighted by atomic mass is 9.82. The number of aliphatic imine (C=N–C) groups is 1. The lowest BCUT2D eigenvalue weighted by Gasteiger charge is -2.24. The van der Waals surface area contributed by atoms with E-state index < -0.39 is 5.97 Å². The second kappa shape index (κ2) is 8.04. The van der Waals surface area contributed by atoms with E-state index in [9.17, 15) is 9.90 Å². The molecule has 3 N–H and O–H groups in total. The first-order valence-corrected chi connectivity index (χ1v) is 8.94. The summed E-state index contributed by atoms with van der Waals surface area (Å²) in [5.41, 5.74) is 9.48. The van der Waals surface area contributed by atoms with Crippen molar-refractivity contribution < 1.29 is 14.6 Å². The van der Waals surface area contributed by atoms with Crippen molar-refractivity contribution in [2.75, 3.05) is 12.8 Å². The number of benzene rings is 2. The van der Waals surface area contributed by atoms with Gasteiger partial charge in [0.1, 0.15) is 5.75 Å². The van der Waals surface area contributed by atoms with Crippen molar-refractivity contribution in [3.05, 3.63) is 53.6 Å². The molecule has 26 heavy (non-hydrogen) atoms. The predicted octanol–water partition coefficient (Wildman–Crippen LogP) is 4.68. The Balaban J connectivity index is 2.02. The second-order valence-electron chi connectivity index (χ2n) is 6.64. The molecule has 1 aliphatic rings. The predicted molar refractivity (Wildman–Crippen MR) is 104 cm³/mol. The molecule has 0 aromatic heterocycles. The van der Waals surface area contributed by atoms with Gasteiger partial charge < -0.3 is 15.6 Å². The molecular formula is C21H24N2O3. The number of nitrogens with two attached hydrogens (primary N) is 1. The third-order valence-corrected chi connectivity index (χ3v) is 4.89. The van der Waals surface area contributed by atoms with Crippen molar-refractivity contribution in [1.29, 1.82) is 0 Å². The largest absolute Gasteiger partial charge is 0.497 e. The quantitative estimate of drug-likeness (QED) is 0.604. The first kappa shape index (κ1) is 18.0. The smallest absolute Gasteiger partial charge is 0.335 e. The molecule has 1 aliphatic carbocycles. The normalized spacial score (nSPS) is 15.7. The fraction of sp³-hybridized carbons (Fsp3) is 0.333. The molecule has 1 fully saturated rings. The topological polar surface area (TPSA) is 84.9 Å². The lowest BCUT2D eigenvalue weighted by Crippen LogP contribution is -2.20. The molecule has 0 saturated heterocycles. The Morgan fingerprint density at radius 2 is 1.81 bits per heavy atom. The molecule has 0 spiro atoms. The molecule has 5 nitrogen and oxygen atoms in total. The van der Waals surface area contributed by atoms with Crippen LogP contribution in [0.1, 0.15) is 48.0 Å². The average molecular weight is 352 g/mol. The Bertz CT molecular complexity index is 807. The second-order valence-corrected chi connectivity index (χ2v) is 6.64. The number of anilines is 1. The fourth-order valence-electron chi connectivity index (χ4n) is 3.47. The number of nitrogen functional groups attached to an aromatic ring is 1. The maximum Gasteiger partial charge on any atom is 0.335 e. The average Bonchev–Trinajstić information content (AvgIpc) is 2.67. The number of carbonyl (C=O) groups is 1. The molecule has 0 atom stereocenters. The van der Waals surface area contributed by atoms with E-state index in [4.69, 9.17) is 15.5 Å². The highest BCUT2D eigenvalue weighted by Gasteiger charge is 2.23. The molecule has 5 heteroatoms. The number of ether oxygens (including phenoxy) is 1. The summed E-state index contributed by atoms with van der Waals surface area (Å²) in [4.78, 5) is 16.1. The maximum atomic E-state index is 11.2. The summed E-state index contributed by atoms with van der Waals surface area (Å²) >= 11 is 0. The van der Waals surface area contributed by atoms with Crippen LogP contribution in [0.2, 0.25) is 0 Å². The first-order valence-electron chi connectivity index (χ1n) is 8.94. The first-order chi connectivity index (χ1) is 12.6. The molecule has 3 rings (SSSR count). The van der Waals surface area contributed by atoms with Crippen molar-refractivity contribution in [2.45, 2.75) is 32.1 Å². The third-order valence-electron chi connectivity index (χ3n) is 4.89. The summed E-state index contributed by atoms with van der Waals surface area (Å²) in [6.45, 7) is 0. The summed E-state index contributed by atoms with van der Waals surface area (Å²) in [5.74, 6) is 0.145. The fourth-order valence-corrected chi connectivity index (χ4v) is 3.47. The zero-order chi connectivity index (χ0) is 18.5. The molecule has 2 aromatic rings. The van der Waals surface area contributed by atoms with E-state index in [0.717, 1.165) is 35.6 Å². The van der Waals surface area contributed by atoms with Crippen LogP contribution in [0.5, 0.6) is 5.75 Å². The maximum absolute atomic E-state index is 11.2. The zero-order valence-corrected chi connectivity index (χ0v) is 14.9. The van der Waals surface area contributed by atoms with E-state index in [1.165, 1.54) is 25.3 Å². The highest BCUT2D eigenvalue weighted by atomic mass is 16.5. The molecule has 1 saturated carbocycles. The Hall–Kier alpha value is -2.82. The van der Waals surface area contributed by atoms with Crippen LogP contribution < -0.4 is 10.5 Å². The van der Waals surface area contributed by atoms with Gasteiger partial charge in [-0.3, -0.25) is 4.99 Å². The van der Waals surface area contributed by atoms with Gasteiger partial charge in [-0.2, -0.15) is 0 Å². The number of carboxylic acid groups (broad SMARTS) is 1. The Kier molecular flexibility index (Phi) is 5.56. The van der Waals surface area contributed by atoms with E-state index in [0.29, 0.717) is 11.6 Å². The van der Waals surface area contributed by atoms with Gasteiger partial charge in [-0.05, 0) is 49.2 Å². The molecule has 0 amide bonds. The molecule has 0 aliphatic heterocycles. The number of methoxy groups -OCH3 is 1. The van der Waals surface area contributed by atoms with Crippen molar-refractivity contribution in [3.8, 4) is 5.75 Å². The van der Waals surface area contributed by atoms with Crippen LogP contribution in [0.25, 0.3) is 0 Å². The van der Waals surface area contributed by atoms with Crippen molar-refractivity contribution in [2.24, 2.45) is 10.9 Å². The summed E-state index contributed by atoms with van der Waals surface area (Å²) in [6.07, 6.45) is 5.77. The van der Waals surface area contributed by atoms with Crippen LogP contribution in [0.3, 0.4) is 0 Å². The van der Waals surface area contributed by atoms with Crippen LogP contribution in [0, 0.1) is 5.92 Å². The van der Waals surface area contributed by atoms with Gasteiger partial charge in [0.05, 0.1) is 24.1 Å². The van der Waals surface area contributed by atoms with Crippen molar-refractivity contribution in [3.63, 3.8) is 0 Å². The molecule has 0 heterocycles. The van der Waals surface area contributed by atoms with Gasteiger partial charge in [-0.15, -0.1) is 0 Å². The number of hydrogen-bond donors (Lipinski definition) is 2. The van der Waals surface area contributed by atoms with E-state index in [1.807, 2.05) is 24.3 Å². The third kappa shape index (κ3) is 4.04. The van der Waals surface area contributed by atoms with Crippen molar-refractivity contribution in [1.82, 2.24) is 0 Å². The van der Waals surface area contributed by atoms with Gasteiger partial charge in [0.2, 0.25) is 0 Å². The standard InChI is InChI=1S/C21H24N2O3/c1-26-17-10-8-16(9-11-17)23-20(14-5-3-2-4-6-14)18-12-7-15(21(24)25)13-19(18)22/h7-14H,2-6,22H2,1H3,(H,24,25). The molecule has 0 radical (unpaired) electrons. The molecule has 0 bridgehead atoms. The van der Waals surface area contributed by atoms with Crippen LogP contribution in [0.4, 0.5) is 11.4 Å². The summed E-state index contributed by atoms with van der Waals surface area (Å²) in [5, 5.41) is 9.17. The highest BCUT2D eigenvalue weighted by Crippen LogP contribution is 2.32. The van der Waals surface area contributed by atoms with E-state index in [-0.39, 0.29) is 5.56 Å². The van der Waals surface area contributed by atoms with Crippen LogP contribution in [0.15, 0.2) is 47.5 Å². The SMILES string of the molecule is COc1ccc(N=C(c2ccc(C(=O)O)cc2N)C2CCCCC2)cc1. The Labute approximate surface area is 153 Å². The minimum Gasteiger partial charge on any atom is -0.497 e. The minimum absolute atomic E-state index is 0.193. The van der Waals surface area contributed by atoms with Crippen LogP contribution >= 0.6 is 0 Å². The van der Waals surface area contributed by atoms with Gasteiger partial charge >= 0.3 is 5.97 Å². The summed E-state index contributed by atoms with van der Waals surface area (Å²) in [7, 11) is 1.64.